The third kappa shape index (κ3) is 2.08. The minimum Gasteiger partial charge on any atom is -0.332 e. The Bertz CT molecular complexity index is 277. The molecule has 78 valence electrons. The third-order valence-electron chi connectivity index (χ3n) is 2.13. The molecule has 0 aromatic rings. The van der Waals surface area contributed by atoms with Crippen LogP contribution in [0.5, 0.6) is 0 Å². The highest BCUT2D eigenvalue weighted by Gasteiger charge is 2.29. The highest BCUT2D eigenvalue weighted by Crippen LogP contribution is 2.04. The predicted octanol–water partition coefficient (Wildman–Crippen LogP) is -1.84. The summed E-state index contributed by atoms with van der Waals surface area (Å²) >= 11 is 0. The van der Waals surface area contributed by atoms with Gasteiger partial charge in [0, 0.05) is 20.1 Å². The summed E-state index contributed by atoms with van der Waals surface area (Å²) in [6.07, 6.45) is -0.248. The number of hydrogen-bond donors (Lipinski definition) is 1. The van der Waals surface area contributed by atoms with Crippen molar-refractivity contribution in [3.05, 3.63) is 0 Å². The average molecular weight is 199 g/mol. The summed E-state index contributed by atoms with van der Waals surface area (Å²) < 4.78 is 0. The van der Waals surface area contributed by atoms with Crippen molar-refractivity contribution >= 4 is 17.7 Å². The van der Waals surface area contributed by atoms with Crippen molar-refractivity contribution in [2.45, 2.75) is 6.42 Å². The standard InChI is InChI=1S/C8H13N3O3/c1-10-6(12)4-7(13)11(3-2-9)5-8(10)14/h2-5,9H2,1H3. The van der Waals surface area contributed by atoms with E-state index in [0.29, 0.717) is 6.54 Å². The van der Waals surface area contributed by atoms with Gasteiger partial charge in [0.2, 0.25) is 17.7 Å². The average Bonchev–Trinajstić information content (AvgIpc) is 2.21. The number of nitrogens with zero attached hydrogens (tertiary/aromatic N) is 2. The molecule has 3 amide bonds. The molecule has 1 heterocycles. The Morgan fingerprint density at radius 1 is 1.21 bits per heavy atom. The van der Waals surface area contributed by atoms with Crippen molar-refractivity contribution < 1.29 is 14.4 Å². The van der Waals surface area contributed by atoms with Crippen LogP contribution < -0.4 is 5.73 Å². The van der Waals surface area contributed by atoms with E-state index < -0.39 is 5.91 Å². The van der Waals surface area contributed by atoms with E-state index in [1.54, 1.807) is 0 Å². The SMILES string of the molecule is CN1C(=O)CC(=O)N(CCN)CC1=O. The highest BCUT2D eigenvalue weighted by molar-refractivity contribution is 6.07. The van der Waals surface area contributed by atoms with E-state index in [-0.39, 0.29) is 31.3 Å². The number of hydrogen-bond acceptors (Lipinski definition) is 4. The summed E-state index contributed by atoms with van der Waals surface area (Å²) in [6.45, 7) is 0.543. The number of amides is 3. The first-order chi connectivity index (χ1) is 6.56. The van der Waals surface area contributed by atoms with Crippen molar-refractivity contribution in [1.82, 2.24) is 9.80 Å². The van der Waals surface area contributed by atoms with Gasteiger partial charge in [-0.05, 0) is 0 Å². The maximum Gasteiger partial charge on any atom is 0.248 e. The second-order valence-electron chi connectivity index (χ2n) is 3.13. The Morgan fingerprint density at radius 2 is 1.86 bits per heavy atom. The number of carbonyl (C=O) groups excluding carboxylic acids is 3. The minimum atomic E-state index is -0.459. The first kappa shape index (κ1) is 10.6. The van der Waals surface area contributed by atoms with Crippen LogP contribution in [-0.4, -0.2) is 54.2 Å². The van der Waals surface area contributed by atoms with Crippen LogP contribution in [0.15, 0.2) is 0 Å². The van der Waals surface area contributed by atoms with Gasteiger partial charge in [-0.2, -0.15) is 0 Å². The molecule has 6 nitrogen and oxygen atoms in total. The lowest BCUT2D eigenvalue weighted by Crippen LogP contribution is -2.39. The van der Waals surface area contributed by atoms with E-state index in [4.69, 9.17) is 5.73 Å². The third-order valence-corrected chi connectivity index (χ3v) is 2.13. The Labute approximate surface area is 81.6 Å². The highest BCUT2D eigenvalue weighted by atomic mass is 16.2. The van der Waals surface area contributed by atoms with Gasteiger partial charge in [-0.3, -0.25) is 19.3 Å². The molecular weight excluding hydrogens is 186 g/mol. The molecule has 0 bridgehead atoms. The molecule has 1 saturated heterocycles. The number of imide groups is 1. The van der Waals surface area contributed by atoms with Gasteiger partial charge in [0.05, 0.1) is 0 Å². The lowest BCUT2D eigenvalue weighted by Gasteiger charge is -2.17. The molecule has 1 fully saturated rings. The molecule has 0 saturated carbocycles. The Hall–Kier alpha value is -1.43. The Kier molecular flexibility index (Phi) is 3.19. The number of carbonyl (C=O) groups is 3. The van der Waals surface area contributed by atoms with Crippen LogP contribution >= 0.6 is 0 Å². The topological polar surface area (TPSA) is 83.7 Å². The maximum atomic E-state index is 11.4. The fourth-order valence-corrected chi connectivity index (χ4v) is 1.22. The molecule has 0 spiro atoms. The lowest BCUT2D eigenvalue weighted by atomic mass is 10.3. The van der Waals surface area contributed by atoms with Gasteiger partial charge in [-0.25, -0.2) is 0 Å². The molecular formula is C8H13N3O3. The van der Waals surface area contributed by atoms with E-state index in [1.165, 1.54) is 11.9 Å². The smallest absolute Gasteiger partial charge is 0.248 e. The number of rotatable bonds is 2. The minimum absolute atomic E-state index is 0.0573. The van der Waals surface area contributed by atoms with Crippen LogP contribution in [0.1, 0.15) is 6.42 Å². The van der Waals surface area contributed by atoms with E-state index in [9.17, 15) is 14.4 Å². The van der Waals surface area contributed by atoms with Crippen LogP contribution in [0.2, 0.25) is 0 Å². The zero-order valence-corrected chi connectivity index (χ0v) is 8.02. The van der Waals surface area contributed by atoms with Crippen LogP contribution in [0.3, 0.4) is 0 Å². The van der Waals surface area contributed by atoms with Gasteiger partial charge < -0.3 is 10.6 Å². The summed E-state index contributed by atoms with van der Waals surface area (Å²) in [4.78, 5) is 36.2. The molecule has 0 unspecified atom stereocenters. The number of nitrogens with two attached hydrogens (primary N) is 1. The molecule has 2 N–H and O–H groups in total. The summed E-state index contributed by atoms with van der Waals surface area (Å²) in [5.41, 5.74) is 5.28. The zero-order chi connectivity index (χ0) is 10.7. The number of likely N-dealkylation sites (N-methyl/N-ethyl adjacent to an activating group) is 1. The van der Waals surface area contributed by atoms with Crippen LogP contribution in [0.4, 0.5) is 0 Å². The molecule has 14 heavy (non-hydrogen) atoms. The predicted molar refractivity (Wildman–Crippen MR) is 48.0 cm³/mol. The summed E-state index contributed by atoms with van der Waals surface area (Å²) in [5, 5.41) is 0. The fraction of sp³-hybridized carbons (Fsp3) is 0.625. The quantitative estimate of drug-likeness (QED) is 0.418. The molecule has 1 aliphatic rings. The van der Waals surface area contributed by atoms with Crippen LogP contribution in [0.25, 0.3) is 0 Å². The second-order valence-corrected chi connectivity index (χ2v) is 3.13. The van der Waals surface area contributed by atoms with Crippen molar-refractivity contribution in [2.24, 2.45) is 5.73 Å². The van der Waals surface area contributed by atoms with Gasteiger partial charge in [-0.1, -0.05) is 0 Å². The molecule has 6 heteroatoms. The van der Waals surface area contributed by atoms with Crippen molar-refractivity contribution in [3.8, 4) is 0 Å². The van der Waals surface area contributed by atoms with E-state index >= 15 is 0 Å². The molecule has 1 rings (SSSR count). The molecule has 0 aromatic carbocycles. The lowest BCUT2D eigenvalue weighted by molar-refractivity contribution is -0.141. The fourth-order valence-electron chi connectivity index (χ4n) is 1.22. The summed E-state index contributed by atoms with van der Waals surface area (Å²) in [5.74, 6) is -1.16. The van der Waals surface area contributed by atoms with Gasteiger partial charge in [-0.15, -0.1) is 0 Å². The van der Waals surface area contributed by atoms with Gasteiger partial charge in [0.1, 0.15) is 13.0 Å². The van der Waals surface area contributed by atoms with Gasteiger partial charge >= 0.3 is 0 Å². The molecule has 0 radical (unpaired) electrons. The summed E-state index contributed by atoms with van der Waals surface area (Å²) in [7, 11) is 1.38. The van der Waals surface area contributed by atoms with Crippen LogP contribution in [-0.2, 0) is 14.4 Å². The summed E-state index contributed by atoms with van der Waals surface area (Å²) in [6, 6.07) is 0. The van der Waals surface area contributed by atoms with Crippen LogP contribution in [0, 0.1) is 0 Å². The zero-order valence-electron chi connectivity index (χ0n) is 8.02. The van der Waals surface area contributed by atoms with Gasteiger partial charge in [0.25, 0.3) is 0 Å². The first-order valence-electron chi connectivity index (χ1n) is 4.33. The van der Waals surface area contributed by atoms with Crippen molar-refractivity contribution in [1.29, 1.82) is 0 Å². The molecule has 0 aliphatic carbocycles. The largest absolute Gasteiger partial charge is 0.332 e. The van der Waals surface area contributed by atoms with Crippen molar-refractivity contribution in [2.75, 3.05) is 26.7 Å². The first-order valence-corrected chi connectivity index (χ1v) is 4.33. The molecule has 0 aromatic heterocycles. The van der Waals surface area contributed by atoms with E-state index in [0.717, 1.165) is 4.90 Å². The van der Waals surface area contributed by atoms with E-state index in [2.05, 4.69) is 0 Å². The Balaban J connectivity index is 2.78. The van der Waals surface area contributed by atoms with Gasteiger partial charge in [0.15, 0.2) is 0 Å². The molecule has 1 aliphatic heterocycles. The van der Waals surface area contributed by atoms with Crippen molar-refractivity contribution in [3.63, 3.8) is 0 Å². The second kappa shape index (κ2) is 4.19. The van der Waals surface area contributed by atoms with E-state index in [1.807, 2.05) is 0 Å². The Morgan fingerprint density at radius 3 is 2.43 bits per heavy atom. The normalized spacial score (nSPS) is 18.9. The maximum absolute atomic E-state index is 11.4. The molecule has 0 atom stereocenters. The monoisotopic (exact) mass is 199 g/mol.